The average Bonchev–Trinajstić information content (AvgIpc) is 2.25. The molecule has 0 spiro atoms. The van der Waals surface area contributed by atoms with Gasteiger partial charge in [-0.15, -0.1) is 0 Å². The molecule has 1 fully saturated rings. The molecule has 0 bridgehead atoms. The molecule has 1 aromatic rings. The average molecular weight is 272 g/mol. The summed E-state index contributed by atoms with van der Waals surface area (Å²) >= 11 is 0. The first-order chi connectivity index (χ1) is 8.93. The van der Waals surface area contributed by atoms with Crippen LogP contribution in [0.4, 0.5) is 18.9 Å². The monoisotopic (exact) mass is 272 g/mol. The van der Waals surface area contributed by atoms with Gasteiger partial charge in [0.25, 0.3) is 0 Å². The number of rotatable bonds is 4. The van der Waals surface area contributed by atoms with Gasteiger partial charge >= 0.3 is 6.18 Å². The Hall–Kier alpha value is -1.23. The topological polar surface area (TPSA) is 29.3 Å². The maximum absolute atomic E-state index is 13.2. The van der Waals surface area contributed by atoms with Crippen LogP contribution in [0.5, 0.6) is 0 Å². The molecule has 0 saturated heterocycles. The molecule has 0 unspecified atom stereocenters. The third-order valence-corrected chi connectivity index (χ3v) is 3.80. The maximum atomic E-state index is 13.2. The molecule has 0 aliphatic heterocycles. The summed E-state index contributed by atoms with van der Waals surface area (Å²) < 4.78 is 39.5. The van der Waals surface area contributed by atoms with Crippen molar-refractivity contribution in [1.82, 2.24) is 0 Å². The molecule has 1 aromatic carbocycles. The molecule has 2 rings (SSSR count). The smallest absolute Gasteiger partial charge is 0.371 e. The van der Waals surface area contributed by atoms with Crippen molar-refractivity contribution in [3.8, 4) is 0 Å². The minimum Gasteiger partial charge on any atom is -0.371 e. The molecule has 1 saturated carbocycles. The molecule has 0 radical (unpaired) electrons. The van der Waals surface area contributed by atoms with E-state index in [1.165, 1.54) is 6.07 Å². The summed E-state index contributed by atoms with van der Waals surface area (Å²) in [5.41, 5.74) is 5.77. The van der Waals surface area contributed by atoms with Crippen LogP contribution in [0.3, 0.4) is 0 Å². The third kappa shape index (κ3) is 3.03. The predicted octanol–water partition coefficient (Wildman–Crippen LogP) is 3.20. The molecule has 1 aliphatic carbocycles. The van der Waals surface area contributed by atoms with Crippen molar-refractivity contribution < 1.29 is 13.2 Å². The van der Waals surface area contributed by atoms with Crippen molar-refractivity contribution >= 4 is 5.69 Å². The van der Waals surface area contributed by atoms with E-state index in [1.807, 2.05) is 0 Å². The van der Waals surface area contributed by atoms with Gasteiger partial charge in [0.2, 0.25) is 0 Å². The van der Waals surface area contributed by atoms with E-state index < -0.39 is 11.7 Å². The number of benzene rings is 1. The highest BCUT2D eigenvalue weighted by molar-refractivity contribution is 5.57. The largest absolute Gasteiger partial charge is 0.418 e. The highest BCUT2D eigenvalue weighted by Crippen LogP contribution is 2.39. The quantitative estimate of drug-likeness (QED) is 0.912. The minimum atomic E-state index is -4.32. The lowest BCUT2D eigenvalue weighted by molar-refractivity contribution is -0.137. The van der Waals surface area contributed by atoms with Gasteiger partial charge in [-0.05, 0) is 49.9 Å². The van der Waals surface area contributed by atoms with Crippen LogP contribution in [0.15, 0.2) is 18.2 Å². The van der Waals surface area contributed by atoms with E-state index in [-0.39, 0.29) is 11.7 Å². The molecule has 0 atom stereocenters. The van der Waals surface area contributed by atoms with Crippen molar-refractivity contribution in [2.75, 3.05) is 18.5 Å². The zero-order chi connectivity index (χ0) is 14.0. The molecule has 2 N–H and O–H groups in total. The van der Waals surface area contributed by atoms with Gasteiger partial charge in [-0.1, -0.05) is 6.07 Å². The summed E-state index contributed by atoms with van der Waals surface area (Å²) in [6, 6.07) is 4.79. The van der Waals surface area contributed by atoms with Gasteiger partial charge in [0, 0.05) is 18.8 Å². The fraction of sp³-hybridized carbons (Fsp3) is 0.571. The van der Waals surface area contributed by atoms with Crippen molar-refractivity contribution in [2.45, 2.75) is 37.9 Å². The van der Waals surface area contributed by atoms with Crippen LogP contribution in [-0.2, 0) is 12.6 Å². The standard InChI is InChI=1S/C14H19F3N2/c1-19(11-3-2-4-11)13-6-5-10(7-8-18)9-12(13)14(15,16)17/h5-6,9,11H,2-4,7-8,18H2,1H3. The van der Waals surface area contributed by atoms with Gasteiger partial charge < -0.3 is 10.6 Å². The van der Waals surface area contributed by atoms with Crippen LogP contribution in [0.1, 0.15) is 30.4 Å². The predicted molar refractivity (Wildman–Crippen MR) is 70.2 cm³/mol. The van der Waals surface area contributed by atoms with Crippen molar-refractivity contribution in [3.05, 3.63) is 29.3 Å². The highest BCUT2D eigenvalue weighted by atomic mass is 19.4. The first-order valence-electron chi connectivity index (χ1n) is 6.56. The molecule has 106 valence electrons. The summed E-state index contributed by atoms with van der Waals surface area (Å²) in [4.78, 5) is 1.76. The summed E-state index contributed by atoms with van der Waals surface area (Å²) in [6.07, 6.45) is -0.813. The highest BCUT2D eigenvalue weighted by Gasteiger charge is 2.36. The molecule has 5 heteroatoms. The molecule has 19 heavy (non-hydrogen) atoms. The Morgan fingerprint density at radius 2 is 2.00 bits per heavy atom. The number of hydrogen-bond acceptors (Lipinski definition) is 2. The molecule has 1 aliphatic rings. The number of alkyl halides is 3. The number of anilines is 1. The number of nitrogens with zero attached hydrogens (tertiary/aromatic N) is 1. The normalized spacial score (nSPS) is 16.3. The minimum absolute atomic E-state index is 0.237. The van der Waals surface area contributed by atoms with Crippen molar-refractivity contribution in [3.63, 3.8) is 0 Å². The summed E-state index contributed by atoms with van der Waals surface area (Å²) in [5.74, 6) is 0. The third-order valence-electron chi connectivity index (χ3n) is 3.80. The zero-order valence-corrected chi connectivity index (χ0v) is 11.0. The van der Waals surface area contributed by atoms with E-state index in [4.69, 9.17) is 5.73 Å². The Labute approximate surface area is 111 Å². The van der Waals surface area contributed by atoms with E-state index in [0.29, 0.717) is 18.5 Å². The van der Waals surface area contributed by atoms with Gasteiger partial charge in [-0.3, -0.25) is 0 Å². The molecule has 0 aromatic heterocycles. The number of halogens is 3. The van der Waals surface area contributed by atoms with Gasteiger partial charge in [0.1, 0.15) is 0 Å². The second-order valence-corrected chi connectivity index (χ2v) is 5.08. The number of hydrogen-bond donors (Lipinski definition) is 1. The molecule has 0 heterocycles. The Morgan fingerprint density at radius 1 is 1.32 bits per heavy atom. The SMILES string of the molecule is CN(c1ccc(CCN)cc1C(F)(F)F)C1CCC1. The van der Waals surface area contributed by atoms with E-state index in [2.05, 4.69) is 0 Å². The van der Waals surface area contributed by atoms with Crippen LogP contribution >= 0.6 is 0 Å². The second-order valence-electron chi connectivity index (χ2n) is 5.08. The first kappa shape index (κ1) is 14.2. The van der Waals surface area contributed by atoms with Gasteiger partial charge in [0.05, 0.1) is 5.56 Å². The lowest BCUT2D eigenvalue weighted by atomic mass is 9.91. The van der Waals surface area contributed by atoms with Gasteiger partial charge in [-0.25, -0.2) is 0 Å². The fourth-order valence-electron chi connectivity index (χ4n) is 2.41. The Morgan fingerprint density at radius 3 is 2.47 bits per heavy atom. The van der Waals surface area contributed by atoms with Gasteiger partial charge in [0.15, 0.2) is 0 Å². The van der Waals surface area contributed by atoms with Crippen molar-refractivity contribution in [1.29, 1.82) is 0 Å². The Bertz CT molecular complexity index is 439. The molecule has 2 nitrogen and oxygen atoms in total. The van der Waals surface area contributed by atoms with Crippen LogP contribution in [-0.4, -0.2) is 19.6 Å². The fourth-order valence-corrected chi connectivity index (χ4v) is 2.41. The first-order valence-corrected chi connectivity index (χ1v) is 6.56. The Balaban J connectivity index is 2.35. The van der Waals surface area contributed by atoms with Crippen LogP contribution < -0.4 is 10.6 Å². The summed E-state index contributed by atoms with van der Waals surface area (Å²) in [5, 5.41) is 0. The van der Waals surface area contributed by atoms with E-state index in [9.17, 15) is 13.2 Å². The zero-order valence-electron chi connectivity index (χ0n) is 11.0. The summed E-state index contributed by atoms with van der Waals surface area (Å²) in [7, 11) is 1.75. The van der Waals surface area contributed by atoms with Crippen LogP contribution in [0.2, 0.25) is 0 Å². The van der Waals surface area contributed by atoms with Crippen LogP contribution in [0, 0.1) is 0 Å². The lowest BCUT2D eigenvalue weighted by Gasteiger charge is -2.37. The number of nitrogens with two attached hydrogens (primary N) is 1. The van der Waals surface area contributed by atoms with Crippen LogP contribution in [0.25, 0.3) is 0 Å². The Kier molecular flexibility index (Phi) is 4.04. The summed E-state index contributed by atoms with van der Waals surface area (Å²) in [6.45, 7) is 0.356. The van der Waals surface area contributed by atoms with E-state index in [0.717, 1.165) is 19.3 Å². The second kappa shape index (κ2) is 5.41. The molecular formula is C14H19F3N2. The van der Waals surface area contributed by atoms with E-state index in [1.54, 1.807) is 24.1 Å². The molecular weight excluding hydrogens is 253 g/mol. The van der Waals surface area contributed by atoms with Crippen molar-refractivity contribution in [2.24, 2.45) is 5.73 Å². The molecule has 0 amide bonds. The lowest BCUT2D eigenvalue weighted by Crippen LogP contribution is -2.38. The van der Waals surface area contributed by atoms with Gasteiger partial charge in [-0.2, -0.15) is 13.2 Å². The van der Waals surface area contributed by atoms with E-state index >= 15 is 0 Å². The maximum Gasteiger partial charge on any atom is 0.418 e.